The Morgan fingerprint density at radius 2 is 2.23 bits per heavy atom. The average molecular weight is 180 g/mol. The molecule has 0 unspecified atom stereocenters. The summed E-state index contributed by atoms with van der Waals surface area (Å²) in [5.74, 6) is -2.37. The summed E-state index contributed by atoms with van der Waals surface area (Å²) < 4.78 is 12.9. The number of anilines is 1. The van der Waals surface area contributed by atoms with Crippen LogP contribution in [0.1, 0.15) is 15.9 Å². The third kappa shape index (κ3) is 1.56. The Hall–Kier alpha value is -2.09. The summed E-state index contributed by atoms with van der Waals surface area (Å²) >= 11 is 0. The van der Waals surface area contributed by atoms with Crippen LogP contribution in [0, 0.1) is 17.1 Å². The van der Waals surface area contributed by atoms with E-state index in [9.17, 15) is 9.18 Å². The molecule has 0 aliphatic rings. The van der Waals surface area contributed by atoms with Crippen molar-refractivity contribution in [1.82, 2.24) is 0 Å². The number of rotatable bonds is 1. The molecule has 0 radical (unpaired) electrons. The summed E-state index contributed by atoms with van der Waals surface area (Å²) in [6.45, 7) is 0. The number of nitriles is 1. The normalized spacial score (nSPS) is 9.23. The molecular formula is C8H5FN2O2. The minimum Gasteiger partial charge on any atom is -0.478 e. The van der Waals surface area contributed by atoms with Crippen molar-refractivity contribution >= 4 is 11.7 Å². The molecule has 0 aliphatic heterocycles. The second-order valence-corrected chi connectivity index (χ2v) is 2.34. The van der Waals surface area contributed by atoms with Crippen molar-refractivity contribution in [2.45, 2.75) is 0 Å². The maximum atomic E-state index is 12.9. The number of benzene rings is 1. The molecule has 0 aliphatic carbocycles. The number of carboxylic acid groups (broad SMARTS) is 1. The second kappa shape index (κ2) is 3.11. The zero-order valence-electron chi connectivity index (χ0n) is 6.41. The number of carboxylic acids is 1. The summed E-state index contributed by atoms with van der Waals surface area (Å²) in [5.41, 5.74) is 4.65. The van der Waals surface area contributed by atoms with E-state index in [1.54, 1.807) is 6.07 Å². The van der Waals surface area contributed by atoms with Crippen LogP contribution >= 0.6 is 0 Å². The van der Waals surface area contributed by atoms with E-state index in [0.29, 0.717) is 0 Å². The molecule has 0 saturated heterocycles. The van der Waals surface area contributed by atoms with Crippen LogP contribution in [0.5, 0.6) is 0 Å². The van der Waals surface area contributed by atoms with Crippen LogP contribution in [0.25, 0.3) is 0 Å². The predicted octanol–water partition coefficient (Wildman–Crippen LogP) is 0.978. The fraction of sp³-hybridized carbons (Fsp3) is 0. The lowest BCUT2D eigenvalue weighted by molar-refractivity contribution is 0.0692. The van der Waals surface area contributed by atoms with Gasteiger partial charge in [0.25, 0.3) is 0 Å². The van der Waals surface area contributed by atoms with Gasteiger partial charge in [-0.2, -0.15) is 5.26 Å². The molecule has 1 rings (SSSR count). The molecular weight excluding hydrogens is 175 g/mol. The van der Waals surface area contributed by atoms with E-state index >= 15 is 0 Å². The van der Waals surface area contributed by atoms with Gasteiger partial charge in [0.15, 0.2) is 0 Å². The molecule has 66 valence electrons. The summed E-state index contributed by atoms with van der Waals surface area (Å²) in [6, 6.07) is 3.38. The molecule has 13 heavy (non-hydrogen) atoms. The Kier molecular flexibility index (Phi) is 2.15. The third-order valence-electron chi connectivity index (χ3n) is 1.49. The van der Waals surface area contributed by atoms with Gasteiger partial charge >= 0.3 is 5.97 Å². The molecule has 1 aromatic rings. The predicted molar refractivity (Wildman–Crippen MR) is 42.5 cm³/mol. The van der Waals surface area contributed by atoms with Crippen molar-refractivity contribution in [3.8, 4) is 6.07 Å². The lowest BCUT2D eigenvalue weighted by Gasteiger charge is -2.00. The SMILES string of the molecule is N#Cc1cc(F)c(C(=O)O)cc1N. The Morgan fingerprint density at radius 3 is 2.69 bits per heavy atom. The lowest BCUT2D eigenvalue weighted by atomic mass is 10.1. The van der Waals surface area contributed by atoms with Gasteiger partial charge in [-0.1, -0.05) is 0 Å². The number of nitrogen functional groups attached to an aromatic ring is 1. The van der Waals surface area contributed by atoms with Gasteiger partial charge in [-0.15, -0.1) is 0 Å². The monoisotopic (exact) mass is 180 g/mol. The Bertz CT molecular complexity index is 409. The van der Waals surface area contributed by atoms with Crippen LogP contribution in [0.15, 0.2) is 12.1 Å². The number of nitrogens with zero attached hydrogens (tertiary/aromatic N) is 1. The number of hydrogen-bond acceptors (Lipinski definition) is 3. The highest BCUT2D eigenvalue weighted by atomic mass is 19.1. The van der Waals surface area contributed by atoms with E-state index < -0.39 is 17.3 Å². The molecule has 0 atom stereocenters. The van der Waals surface area contributed by atoms with Crippen LogP contribution in [-0.2, 0) is 0 Å². The Morgan fingerprint density at radius 1 is 1.62 bits per heavy atom. The first-order chi connectivity index (χ1) is 6.06. The van der Waals surface area contributed by atoms with Crippen LogP contribution in [-0.4, -0.2) is 11.1 Å². The van der Waals surface area contributed by atoms with Crippen molar-refractivity contribution in [3.63, 3.8) is 0 Å². The number of nitrogens with two attached hydrogens (primary N) is 1. The van der Waals surface area contributed by atoms with Crippen LogP contribution < -0.4 is 5.73 Å². The van der Waals surface area contributed by atoms with Gasteiger partial charge in [-0.3, -0.25) is 0 Å². The maximum absolute atomic E-state index is 12.9. The molecule has 0 heterocycles. The molecule has 0 spiro atoms. The van der Waals surface area contributed by atoms with E-state index in [0.717, 1.165) is 12.1 Å². The van der Waals surface area contributed by atoms with E-state index in [2.05, 4.69) is 0 Å². The zero-order valence-corrected chi connectivity index (χ0v) is 6.41. The van der Waals surface area contributed by atoms with E-state index in [-0.39, 0.29) is 11.3 Å². The van der Waals surface area contributed by atoms with Gasteiger partial charge in [0.05, 0.1) is 16.8 Å². The smallest absolute Gasteiger partial charge is 0.338 e. The van der Waals surface area contributed by atoms with Crippen molar-refractivity contribution in [3.05, 3.63) is 29.1 Å². The standard InChI is InChI=1S/C8H5FN2O2/c9-6-1-4(3-10)7(11)2-5(6)8(12)13/h1-2H,11H2,(H,12,13). The minimum atomic E-state index is -1.41. The van der Waals surface area contributed by atoms with Crippen molar-refractivity contribution < 1.29 is 14.3 Å². The number of halogens is 1. The zero-order chi connectivity index (χ0) is 10.0. The van der Waals surface area contributed by atoms with Crippen molar-refractivity contribution in [1.29, 1.82) is 5.26 Å². The van der Waals surface area contributed by atoms with Gasteiger partial charge in [0.1, 0.15) is 11.9 Å². The van der Waals surface area contributed by atoms with Gasteiger partial charge in [-0.05, 0) is 12.1 Å². The summed E-state index contributed by atoms with van der Waals surface area (Å²) in [6.07, 6.45) is 0. The molecule has 5 heteroatoms. The quantitative estimate of drug-likeness (QED) is 0.630. The first-order valence-corrected chi connectivity index (χ1v) is 3.28. The van der Waals surface area contributed by atoms with Crippen LogP contribution in [0.4, 0.5) is 10.1 Å². The van der Waals surface area contributed by atoms with Gasteiger partial charge in [-0.25, -0.2) is 9.18 Å². The van der Waals surface area contributed by atoms with Gasteiger partial charge in [0, 0.05) is 0 Å². The Labute approximate surface area is 73.0 Å². The molecule has 0 aromatic heterocycles. The fourth-order valence-corrected chi connectivity index (χ4v) is 0.851. The van der Waals surface area contributed by atoms with Crippen LogP contribution in [0.3, 0.4) is 0 Å². The molecule has 0 amide bonds. The van der Waals surface area contributed by atoms with E-state index in [4.69, 9.17) is 16.1 Å². The van der Waals surface area contributed by atoms with Crippen molar-refractivity contribution in [2.75, 3.05) is 5.73 Å². The highest BCUT2D eigenvalue weighted by molar-refractivity contribution is 5.89. The third-order valence-corrected chi connectivity index (χ3v) is 1.49. The Balaban J connectivity index is 3.39. The molecule has 0 bridgehead atoms. The van der Waals surface area contributed by atoms with Gasteiger partial charge in [0.2, 0.25) is 0 Å². The average Bonchev–Trinajstić information content (AvgIpc) is 2.07. The maximum Gasteiger partial charge on any atom is 0.338 e. The van der Waals surface area contributed by atoms with Gasteiger partial charge < -0.3 is 10.8 Å². The first kappa shape index (κ1) is 9.00. The number of carbonyl (C=O) groups is 1. The number of aromatic carboxylic acids is 1. The summed E-state index contributed by atoms with van der Waals surface area (Å²) in [5, 5.41) is 16.9. The van der Waals surface area contributed by atoms with Crippen LogP contribution in [0.2, 0.25) is 0 Å². The largest absolute Gasteiger partial charge is 0.478 e. The molecule has 0 fully saturated rings. The molecule has 4 nitrogen and oxygen atoms in total. The number of hydrogen-bond donors (Lipinski definition) is 2. The highest BCUT2D eigenvalue weighted by Gasteiger charge is 2.12. The molecule has 1 aromatic carbocycles. The molecule has 3 N–H and O–H groups in total. The summed E-state index contributed by atoms with van der Waals surface area (Å²) in [4.78, 5) is 10.4. The lowest BCUT2D eigenvalue weighted by Crippen LogP contribution is -2.03. The first-order valence-electron chi connectivity index (χ1n) is 3.28. The highest BCUT2D eigenvalue weighted by Crippen LogP contribution is 2.17. The van der Waals surface area contributed by atoms with Crippen molar-refractivity contribution in [2.24, 2.45) is 0 Å². The topological polar surface area (TPSA) is 87.1 Å². The second-order valence-electron chi connectivity index (χ2n) is 2.34. The molecule has 0 saturated carbocycles. The van der Waals surface area contributed by atoms with E-state index in [1.807, 2.05) is 0 Å². The minimum absolute atomic E-state index is 0.0405. The van der Waals surface area contributed by atoms with E-state index in [1.165, 1.54) is 0 Å². The fourth-order valence-electron chi connectivity index (χ4n) is 0.851. The summed E-state index contributed by atoms with van der Waals surface area (Å²) in [7, 11) is 0.